The number of rotatable bonds is 7. The normalized spacial score (nSPS) is 15.5. The van der Waals surface area contributed by atoms with Gasteiger partial charge in [-0.2, -0.15) is 0 Å². The van der Waals surface area contributed by atoms with Crippen molar-refractivity contribution in [2.75, 3.05) is 17.7 Å². The van der Waals surface area contributed by atoms with Crippen LogP contribution in [0.5, 0.6) is 5.75 Å². The molecule has 2 N–H and O–H groups in total. The largest absolute Gasteiger partial charge is 0.495 e. The molecule has 3 aromatic carbocycles. The third-order valence-corrected chi connectivity index (χ3v) is 6.54. The van der Waals surface area contributed by atoms with Gasteiger partial charge in [-0.05, 0) is 36.8 Å². The molecule has 1 aliphatic rings. The van der Waals surface area contributed by atoms with Crippen molar-refractivity contribution in [3.8, 4) is 5.75 Å². The Kier molecular flexibility index (Phi) is 7.18. The molecular weight excluding hydrogens is 452 g/mol. The number of anilines is 2. The Morgan fingerprint density at radius 3 is 2.56 bits per heavy atom. The Balaban J connectivity index is 1.51. The lowest BCUT2D eigenvalue weighted by Gasteiger charge is -2.24. The van der Waals surface area contributed by atoms with Crippen molar-refractivity contribution in [2.24, 2.45) is 0 Å². The second-order valence-electron chi connectivity index (χ2n) is 7.77. The average Bonchev–Trinajstić information content (AvgIpc) is 2.83. The van der Waals surface area contributed by atoms with Gasteiger partial charge >= 0.3 is 5.97 Å². The number of fused-ring (bicyclic) bond motifs is 1. The summed E-state index contributed by atoms with van der Waals surface area (Å²) in [6, 6.07) is 21.6. The zero-order valence-electron chi connectivity index (χ0n) is 18.7. The van der Waals surface area contributed by atoms with Gasteiger partial charge in [0.1, 0.15) is 5.75 Å². The van der Waals surface area contributed by atoms with Gasteiger partial charge in [0.15, 0.2) is 0 Å². The highest BCUT2D eigenvalue weighted by atomic mass is 32.2. The second-order valence-corrected chi connectivity index (χ2v) is 9.01. The Morgan fingerprint density at radius 2 is 1.79 bits per heavy atom. The fourth-order valence-electron chi connectivity index (χ4n) is 3.58. The van der Waals surface area contributed by atoms with E-state index in [1.807, 2.05) is 43.3 Å². The maximum absolute atomic E-state index is 13.2. The lowest BCUT2D eigenvalue weighted by molar-refractivity contribution is -0.155. The number of hydrogen-bond donors (Lipinski definition) is 2. The summed E-state index contributed by atoms with van der Waals surface area (Å²) in [5.74, 6) is -0.946. The van der Waals surface area contributed by atoms with E-state index in [9.17, 15) is 14.4 Å². The number of esters is 1. The molecule has 8 heteroatoms. The first kappa shape index (κ1) is 23.4. The molecule has 0 radical (unpaired) electrons. The van der Waals surface area contributed by atoms with Gasteiger partial charge in [-0.3, -0.25) is 14.4 Å². The molecule has 174 valence electrons. The summed E-state index contributed by atoms with van der Waals surface area (Å²) in [6.45, 7) is 1.90. The van der Waals surface area contributed by atoms with E-state index in [-0.39, 0.29) is 12.3 Å². The maximum atomic E-state index is 13.2. The molecule has 0 saturated carbocycles. The molecule has 34 heavy (non-hydrogen) atoms. The number of aryl methyl sites for hydroxylation is 1. The van der Waals surface area contributed by atoms with E-state index in [0.29, 0.717) is 17.0 Å². The van der Waals surface area contributed by atoms with Crippen molar-refractivity contribution in [3.63, 3.8) is 0 Å². The molecular formula is C26H24N2O5S. The second kappa shape index (κ2) is 10.4. The van der Waals surface area contributed by atoms with Gasteiger partial charge in [0.05, 0.1) is 30.2 Å². The number of para-hydroxylation sites is 1. The van der Waals surface area contributed by atoms with Crippen molar-refractivity contribution in [2.45, 2.75) is 29.6 Å². The summed E-state index contributed by atoms with van der Waals surface area (Å²) < 4.78 is 11.0. The summed E-state index contributed by atoms with van der Waals surface area (Å²) in [7, 11) is 1.51. The number of benzene rings is 3. The highest BCUT2D eigenvalue weighted by Gasteiger charge is 2.32. The van der Waals surface area contributed by atoms with Gasteiger partial charge in [-0.1, -0.05) is 48.5 Å². The molecule has 2 amide bonds. The average molecular weight is 477 g/mol. The third-order valence-electron chi connectivity index (χ3n) is 5.26. The summed E-state index contributed by atoms with van der Waals surface area (Å²) in [5.41, 5.74) is 2.65. The van der Waals surface area contributed by atoms with Crippen molar-refractivity contribution in [3.05, 3.63) is 83.9 Å². The topological polar surface area (TPSA) is 93.7 Å². The maximum Gasteiger partial charge on any atom is 0.308 e. The van der Waals surface area contributed by atoms with E-state index < -0.39 is 23.2 Å². The molecule has 0 bridgehead atoms. The number of carbonyl (C=O) groups excluding carboxylic acids is 3. The van der Waals surface area contributed by atoms with Crippen molar-refractivity contribution in [1.82, 2.24) is 0 Å². The van der Waals surface area contributed by atoms with E-state index in [4.69, 9.17) is 9.47 Å². The monoisotopic (exact) mass is 476 g/mol. The Bertz CT molecular complexity index is 1210. The number of nitrogens with one attached hydrogen (secondary N) is 2. The lowest BCUT2D eigenvalue weighted by atomic mass is 10.1. The molecule has 1 heterocycles. The highest BCUT2D eigenvalue weighted by molar-refractivity contribution is 8.01. The first-order valence-electron chi connectivity index (χ1n) is 10.7. The van der Waals surface area contributed by atoms with Crippen molar-refractivity contribution < 1.29 is 23.9 Å². The predicted molar refractivity (Wildman–Crippen MR) is 131 cm³/mol. The molecule has 0 unspecified atom stereocenters. The van der Waals surface area contributed by atoms with E-state index in [1.54, 1.807) is 36.4 Å². The van der Waals surface area contributed by atoms with Gasteiger partial charge in [0, 0.05) is 10.5 Å². The standard InChI is InChI=1S/C26H24N2O5S/c1-16-12-13-20(32-2)19(14-16)28-26(31)24(17-8-4-3-5-9-17)33-23(29)15-22-25(30)27-18-10-6-7-11-21(18)34-22/h3-14,22,24H,15H2,1-2H3,(H,27,30)(H,28,31)/t22-,24-/m0/s1. The molecule has 0 spiro atoms. The van der Waals surface area contributed by atoms with Crippen molar-refractivity contribution in [1.29, 1.82) is 0 Å². The molecule has 0 aliphatic carbocycles. The van der Waals surface area contributed by atoms with Gasteiger partial charge in [-0.15, -0.1) is 11.8 Å². The summed E-state index contributed by atoms with van der Waals surface area (Å²) in [5, 5.41) is 4.97. The zero-order valence-corrected chi connectivity index (χ0v) is 19.6. The smallest absolute Gasteiger partial charge is 0.308 e. The molecule has 2 atom stereocenters. The van der Waals surface area contributed by atoms with E-state index >= 15 is 0 Å². The van der Waals surface area contributed by atoms with Crippen LogP contribution in [0.3, 0.4) is 0 Å². The van der Waals surface area contributed by atoms with Crippen molar-refractivity contribution >= 4 is 40.9 Å². The SMILES string of the molecule is COc1ccc(C)cc1NC(=O)[C@@H](OC(=O)C[C@@H]1Sc2ccccc2NC1=O)c1ccccc1. The van der Waals surface area contributed by atoms with E-state index in [1.165, 1.54) is 18.9 Å². The van der Waals surface area contributed by atoms with Crippen LogP contribution in [0, 0.1) is 6.92 Å². The highest BCUT2D eigenvalue weighted by Crippen LogP contribution is 2.37. The van der Waals surface area contributed by atoms with Crippen LogP contribution in [-0.2, 0) is 19.1 Å². The number of thioether (sulfide) groups is 1. The first-order chi connectivity index (χ1) is 16.4. The fourth-order valence-corrected chi connectivity index (χ4v) is 4.67. The van der Waals surface area contributed by atoms with Crippen LogP contribution in [0.1, 0.15) is 23.7 Å². The Morgan fingerprint density at radius 1 is 1.06 bits per heavy atom. The molecule has 0 aromatic heterocycles. The number of hydrogen-bond acceptors (Lipinski definition) is 6. The van der Waals surface area contributed by atoms with E-state index in [0.717, 1.165) is 16.1 Å². The summed E-state index contributed by atoms with van der Waals surface area (Å²) in [6.07, 6.45) is -1.36. The Labute approximate surface area is 201 Å². The quantitative estimate of drug-likeness (QED) is 0.479. The van der Waals surface area contributed by atoms with Crippen LogP contribution in [0.15, 0.2) is 77.7 Å². The number of amides is 2. The minimum absolute atomic E-state index is 0.171. The summed E-state index contributed by atoms with van der Waals surface area (Å²) >= 11 is 1.30. The van der Waals surface area contributed by atoms with Gasteiger partial charge < -0.3 is 20.1 Å². The number of carbonyl (C=O) groups is 3. The first-order valence-corrected chi connectivity index (χ1v) is 11.6. The molecule has 0 fully saturated rings. The fraction of sp³-hybridized carbons (Fsp3) is 0.192. The molecule has 1 aliphatic heterocycles. The molecule has 4 rings (SSSR count). The van der Waals surface area contributed by atoms with Crippen LogP contribution >= 0.6 is 11.8 Å². The van der Waals surface area contributed by atoms with Crippen LogP contribution < -0.4 is 15.4 Å². The molecule has 7 nitrogen and oxygen atoms in total. The minimum atomic E-state index is -1.19. The van der Waals surface area contributed by atoms with Gasteiger partial charge in [0.2, 0.25) is 12.0 Å². The Hall–Kier alpha value is -3.78. The number of methoxy groups -OCH3 is 1. The molecule has 3 aromatic rings. The third kappa shape index (κ3) is 5.40. The van der Waals surface area contributed by atoms with Crippen LogP contribution in [-0.4, -0.2) is 30.1 Å². The lowest BCUT2D eigenvalue weighted by Crippen LogP contribution is -2.33. The van der Waals surface area contributed by atoms with E-state index in [2.05, 4.69) is 10.6 Å². The van der Waals surface area contributed by atoms with Gasteiger partial charge in [0.25, 0.3) is 5.91 Å². The number of ether oxygens (including phenoxy) is 2. The van der Waals surface area contributed by atoms with Gasteiger partial charge in [-0.25, -0.2) is 0 Å². The van der Waals surface area contributed by atoms with Crippen LogP contribution in [0.25, 0.3) is 0 Å². The predicted octanol–water partition coefficient (Wildman–Crippen LogP) is 4.73. The zero-order chi connectivity index (χ0) is 24.1. The summed E-state index contributed by atoms with van der Waals surface area (Å²) in [4.78, 5) is 39.5. The minimum Gasteiger partial charge on any atom is -0.495 e. The van der Waals surface area contributed by atoms with Crippen LogP contribution in [0.4, 0.5) is 11.4 Å². The molecule has 0 saturated heterocycles. The van der Waals surface area contributed by atoms with Crippen LogP contribution in [0.2, 0.25) is 0 Å².